The molecule has 1 unspecified atom stereocenters. The second kappa shape index (κ2) is 7.19. The maximum Gasteiger partial charge on any atom is 0.230 e. The highest BCUT2D eigenvalue weighted by molar-refractivity contribution is 5.60. The minimum Gasteiger partial charge on any atom is -0.493 e. The van der Waals surface area contributed by atoms with E-state index in [1.807, 2.05) is 36.9 Å². The van der Waals surface area contributed by atoms with Gasteiger partial charge >= 0.3 is 0 Å². The Morgan fingerprint density at radius 3 is 2.50 bits per heavy atom. The van der Waals surface area contributed by atoms with Gasteiger partial charge in [0.1, 0.15) is 0 Å². The first-order valence-corrected chi connectivity index (χ1v) is 8.49. The second-order valence-electron chi connectivity index (χ2n) is 6.40. The van der Waals surface area contributed by atoms with Crippen molar-refractivity contribution in [2.75, 3.05) is 14.2 Å². The molecule has 0 radical (unpaired) electrons. The van der Waals surface area contributed by atoms with E-state index < -0.39 is 0 Å². The third-order valence-electron chi connectivity index (χ3n) is 4.67. The number of rotatable bonds is 6. The summed E-state index contributed by atoms with van der Waals surface area (Å²) in [7, 11) is 5.16. The molecular formula is C19H24N4O3. The first-order chi connectivity index (χ1) is 12.4. The number of methoxy groups -OCH3 is 2. The fraction of sp³-hybridized carbons (Fsp3) is 0.421. The van der Waals surface area contributed by atoms with E-state index in [0.29, 0.717) is 23.2 Å². The average Bonchev–Trinajstić information content (AvgIpc) is 3.22. The SMILES string of the molecule is COc1ccc(-c2noc(C(C)Cc3c(C)nn(C)c3C)n2)cc1OC. The molecule has 0 saturated heterocycles. The molecule has 0 bridgehead atoms. The number of ether oxygens (including phenoxy) is 2. The van der Waals surface area contributed by atoms with Gasteiger partial charge in [-0.3, -0.25) is 4.68 Å². The molecule has 3 aromatic rings. The van der Waals surface area contributed by atoms with Crippen LogP contribution in [0.1, 0.15) is 35.7 Å². The molecule has 3 rings (SSSR count). The van der Waals surface area contributed by atoms with Crippen molar-refractivity contribution in [2.45, 2.75) is 33.1 Å². The summed E-state index contributed by atoms with van der Waals surface area (Å²) < 4.78 is 18.0. The molecule has 7 heteroatoms. The number of hydrogen-bond acceptors (Lipinski definition) is 6. The van der Waals surface area contributed by atoms with Crippen molar-refractivity contribution in [3.05, 3.63) is 41.0 Å². The van der Waals surface area contributed by atoms with Gasteiger partial charge in [-0.15, -0.1) is 0 Å². The predicted octanol–water partition coefficient (Wildman–Crippen LogP) is 3.45. The Labute approximate surface area is 152 Å². The van der Waals surface area contributed by atoms with E-state index in [9.17, 15) is 0 Å². The van der Waals surface area contributed by atoms with Crippen LogP contribution in [0, 0.1) is 13.8 Å². The molecule has 0 spiro atoms. The molecule has 0 aliphatic rings. The lowest BCUT2D eigenvalue weighted by molar-refractivity contribution is 0.354. The van der Waals surface area contributed by atoms with Crippen LogP contribution in [0.5, 0.6) is 11.5 Å². The Balaban J connectivity index is 1.83. The Bertz CT molecular complexity index is 914. The number of aromatic nitrogens is 4. The topological polar surface area (TPSA) is 75.2 Å². The molecule has 0 N–H and O–H groups in total. The highest BCUT2D eigenvalue weighted by Gasteiger charge is 2.20. The Kier molecular flexibility index (Phi) is 4.97. The molecule has 26 heavy (non-hydrogen) atoms. The van der Waals surface area contributed by atoms with Crippen LogP contribution in [0.3, 0.4) is 0 Å². The van der Waals surface area contributed by atoms with Gasteiger partial charge in [0.25, 0.3) is 0 Å². The molecule has 1 aromatic carbocycles. The molecule has 2 aromatic heterocycles. The van der Waals surface area contributed by atoms with Gasteiger partial charge in [-0.2, -0.15) is 10.1 Å². The van der Waals surface area contributed by atoms with Crippen LogP contribution in [0.4, 0.5) is 0 Å². The van der Waals surface area contributed by atoms with E-state index in [0.717, 1.165) is 23.4 Å². The van der Waals surface area contributed by atoms with Gasteiger partial charge in [-0.25, -0.2) is 0 Å². The molecule has 0 amide bonds. The van der Waals surface area contributed by atoms with Crippen LogP contribution in [0.15, 0.2) is 22.7 Å². The predicted molar refractivity (Wildman–Crippen MR) is 97.6 cm³/mol. The Morgan fingerprint density at radius 2 is 1.88 bits per heavy atom. The van der Waals surface area contributed by atoms with Gasteiger partial charge in [0.05, 0.1) is 19.9 Å². The van der Waals surface area contributed by atoms with E-state index >= 15 is 0 Å². The van der Waals surface area contributed by atoms with E-state index in [1.165, 1.54) is 5.56 Å². The van der Waals surface area contributed by atoms with Crippen LogP contribution in [0.25, 0.3) is 11.4 Å². The molecule has 1 atom stereocenters. The third-order valence-corrected chi connectivity index (χ3v) is 4.67. The van der Waals surface area contributed by atoms with Gasteiger partial charge in [-0.1, -0.05) is 12.1 Å². The lowest BCUT2D eigenvalue weighted by Crippen LogP contribution is -2.02. The third kappa shape index (κ3) is 3.29. The van der Waals surface area contributed by atoms with Crippen molar-refractivity contribution in [3.8, 4) is 22.9 Å². The monoisotopic (exact) mass is 356 g/mol. The molecule has 0 saturated carbocycles. The zero-order chi connectivity index (χ0) is 18.8. The molecule has 138 valence electrons. The molecule has 7 nitrogen and oxygen atoms in total. The van der Waals surface area contributed by atoms with Gasteiger partial charge in [-0.05, 0) is 44.0 Å². The van der Waals surface area contributed by atoms with Crippen molar-refractivity contribution >= 4 is 0 Å². The summed E-state index contributed by atoms with van der Waals surface area (Å²) in [6.07, 6.45) is 0.805. The maximum atomic E-state index is 5.51. The Hall–Kier alpha value is -2.83. The summed E-state index contributed by atoms with van der Waals surface area (Å²) in [5.41, 5.74) is 4.25. The van der Waals surface area contributed by atoms with Crippen LogP contribution in [-0.4, -0.2) is 34.1 Å². The second-order valence-corrected chi connectivity index (χ2v) is 6.40. The fourth-order valence-corrected chi connectivity index (χ4v) is 3.03. The Morgan fingerprint density at radius 1 is 1.15 bits per heavy atom. The molecular weight excluding hydrogens is 332 g/mol. The van der Waals surface area contributed by atoms with Gasteiger partial charge in [0.15, 0.2) is 11.5 Å². The highest BCUT2D eigenvalue weighted by atomic mass is 16.5. The minimum atomic E-state index is 0.0954. The van der Waals surface area contributed by atoms with E-state index in [1.54, 1.807) is 14.2 Å². The lowest BCUT2D eigenvalue weighted by atomic mass is 9.99. The summed E-state index contributed by atoms with van der Waals surface area (Å²) in [6, 6.07) is 5.56. The lowest BCUT2D eigenvalue weighted by Gasteiger charge is -2.08. The van der Waals surface area contributed by atoms with E-state index in [2.05, 4.69) is 29.1 Å². The van der Waals surface area contributed by atoms with Crippen molar-refractivity contribution in [1.82, 2.24) is 19.9 Å². The smallest absolute Gasteiger partial charge is 0.230 e. The van der Waals surface area contributed by atoms with Gasteiger partial charge in [0.2, 0.25) is 11.7 Å². The van der Waals surface area contributed by atoms with Crippen molar-refractivity contribution in [3.63, 3.8) is 0 Å². The van der Waals surface area contributed by atoms with E-state index in [4.69, 9.17) is 14.0 Å². The highest BCUT2D eigenvalue weighted by Crippen LogP contribution is 2.32. The van der Waals surface area contributed by atoms with Crippen molar-refractivity contribution in [2.24, 2.45) is 7.05 Å². The summed E-state index contributed by atoms with van der Waals surface area (Å²) in [6.45, 7) is 6.18. The number of aryl methyl sites for hydroxylation is 2. The molecule has 0 fully saturated rings. The summed E-state index contributed by atoms with van der Waals surface area (Å²) in [5, 5.41) is 8.60. The maximum absolute atomic E-state index is 5.51. The average molecular weight is 356 g/mol. The van der Waals surface area contributed by atoms with Crippen LogP contribution < -0.4 is 9.47 Å². The molecule has 2 heterocycles. The molecule has 0 aliphatic heterocycles. The van der Waals surface area contributed by atoms with E-state index in [-0.39, 0.29) is 5.92 Å². The quantitative estimate of drug-likeness (QED) is 0.673. The number of nitrogens with zero attached hydrogens (tertiary/aromatic N) is 4. The first kappa shape index (κ1) is 18.0. The first-order valence-electron chi connectivity index (χ1n) is 8.49. The van der Waals surface area contributed by atoms with Gasteiger partial charge in [0, 0.05) is 24.2 Å². The summed E-state index contributed by atoms with van der Waals surface area (Å²) in [4.78, 5) is 4.57. The van der Waals surface area contributed by atoms with Crippen LogP contribution in [0.2, 0.25) is 0 Å². The minimum absolute atomic E-state index is 0.0954. The normalized spacial score (nSPS) is 12.2. The number of benzene rings is 1. The fourth-order valence-electron chi connectivity index (χ4n) is 3.03. The standard InChI is InChI=1S/C19H24N4O3/c1-11(9-15-12(2)21-23(4)13(15)3)19-20-18(22-26-19)14-7-8-16(24-5)17(10-14)25-6/h7-8,10-11H,9H2,1-6H3. The largest absolute Gasteiger partial charge is 0.493 e. The zero-order valence-corrected chi connectivity index (χ0v) is 16.0. The summed E-state index contributed by atoms with van der Waals surface area (Å²) in [5.74, 6) is 2.53. The van der Waals surface area contributed by atoms with Crippen LogP contribution in [-0.2, 0) is 13.5 Å². The van der Waals surface area contributed by atoms with Crippen molar-refractivity contribution in [1.29, 1.82) is 0 Å². The summed E-state index contributed by atoms with van der Waals surface area (Å²) >= 11 is 0. The molecule has 0 aliphatic carbocycles. The van der Waals surface area contributed by atoms with Crippen molar-refractivity contribution < 1.29 is 14.0 Å². The van der Waals surface area contributed by atoms with Crippen LogP contribution >= 0.6 is 0 Å². The van der Waals surface area contributed by atoms with Gasteiger partial charge < -0.3 is 14.0 Å². The number of hydrogen-bond donors (Lipinski definition) is 0. The zero-order valence-electron chi connectivity index (χ0n) is 16.0.